The lowest BCUT2D eigenvalue weighted by Crippen LogP contribution is -2.34. The second kappa shape index (κ2) is 9.93. The quantitative estimate of drug-likeness (QED) is 0.252. The lowest BCUT2D eigenvalue weighted by molar-refractivity contribution is 0.210. The second-order valence-corrected chi connectivity index (χ2v) is 9.17. The smallest absolute Gasteiger partial charge is 0.276 e. The van der Waals surface area contributed by atoms with Crippen LogP contribution in [0.2, 0.25) is 0 Å². The van der Waals surface area contributed by atoms with Gasteiger partial charge in [0.2, 0.25) is 5.89 Å². The van der Waals surface area contributed by atoms with Crippen LogP contribution < -0.4 is 4.74 Å². The average molecular weight is 469 g/mol. The molecule has 1 saturated heterocycles. The van der Waals surface area contributed by atoms with Crippen molar-refractivity contribution in [1.29, 1.82) is 0 Å². The van der Waals surface area contributed by atoms with Crippen molar-refractivity contribution in [2.24, 2.45) is 0 Å². The van der Waals surface area contributed by atoms with E-state index in [9.17, 15) is 4.39 Å². The largest absolute Gasteiger partial charge is 0.497 e. The van der Waals surface area contributed by atoms with Gasteiger partial charge in [0.15, 0.2) is 5.58 Å². The minimum atomic E-state index is -0.296. The lowest BCUT2D eigenvalue weighted by atomic mass is 9.91. The molecule has 4 aromatic rings. The number of fused-ring (bicyclic) bond motifs is 1. The van der Waals surface area contributed by atoms with E-state index in [0.717, 1.165) is 67.0 Å². The minimum absolute atomic E-state index is 0.296. The molecule has 0 saturated carbocycles. The number of likely N-dealkylation sites (tertiary alicyclic amines) is 1. The molecule has 1 fully saturated rings. The Bertz CT molecular complexity index is 1200. The van der Waals surface area contributed by atoms with E-state index in [4.69, 9.17) is 13.7 Å². The first-order chi connectivity index (χ1) is 16.2. The lowest BCUT2D eigenvalue weighted by Gasteiger charge is -2.31. The molecule has 3 heterocycles. The number of hydrogen-bond acceptors (Lipinski definition) is 8. The van der Waals surface area contributed by atoms with Crippen LogP contribution >= 0.6 is 11.8 Å². The maximum Gasteiger partial charge on any atom is 0.276 e. The molecule has 0 bridgehead atoms. The van der Waals surface area contributed by atoms with Crippen LogP contribution in [-0.2, 0) is 0 Å². The van der Waals surface area contributed by atoms with Crippen LogP contribution in [0.3, 0.4) is 0 Å². The summed E-state index contributed by atoms with van der Waals surface area (Å²) in [6, 6.07) is 12.2. The SMILES string of the molecule is COc1ccc(-c2nnc(SCCCN3CCC(c4noc5cc(F)ccc45)CC3)o2)cc1. The number of aromatic nitrogens is 3. The fraction of sp³-hybridized carbons (Fsp3) is 0.375. The maximum atomic E-state index is 13.4. The topological polar surface area (TPSA) is 77.4 Å². The summed E-state index contributed by atoms with van der Waals surface area (Å²) in [5.41, 5.74) is 2.37. The van der Waals surface area contributed by atoms with Gasteiger partial charge in [-0.25, -0.2) is 4.39 Å². The highest BCUT2D eigenvalue weighted by atomic mass is 32.2. The summed E-state index contributed by atoms with van der Waals surface area (Å²) < 4.78 is 29.7. The van der Waals surface area contributed by atoms with Gasteiger partial charge in [0.05, 0.1) is 12.8 Å². The Hall–Kier alpha value is -2.91. The fourth-order valence-electron chi connectivity index (χ4n) is 4.22. The summed E-state index contributed by atoms with van der Waals surface area (Å²) in [6.07, 6.45) is 3.10. The monoisotopic (exact) mass is 468 g/mol. The van der Waals surface area contributed by atoms with Gasteiger partial charge in [0.1, 0.15) is 11.6 Å². The van der Waals surface area contributed by atoms with Gasteiger partial charge in [-0.1, -0.05) is 16.9 Å². The number of rotatable bonds is 8. The van der Waals surface area contributed by atoms with Crippen molar-refractivity contribution in [2.45, 2.75) is 30.4 Å². The van der Waals surface area contributed by atoms with Gasteiger partial charge >= 0.3 is 0 Å². The molecular formula is C24H25FN4O3S. The molecule has 1 aliphatic heterocycles. The molecular weight excluding hydrogens is 443 g/mol. The first kappa shape index (κ1) is 21.9. The first-order valence-corrected chi connectivity index (χ1v) is 12.1. The summed E-state index contributed by atoms with van der Waals surface area (Å²) in [7, 11) is 1.64. The highest BCUT2D eigenvalue weighted by Gasteiger charge is 2.25. The van der Waals surface area contributed by atoms with Crippen LogP contribution in [0.1, 0.15) is 30.9 Å². The molecule has 0 N–H and O–H groups in total. The molecule has 9 heteroatoms. The van der Waals surface area contributed by atoms with Crippen molar-refractivity contribution < 1.29 is 18.1 Å². The number of halogens is 1. The van der Waals surface area contributed by atoms with E-state index in [2.05, 4.69) is 20.3 Å². The Morgan fingerprint density at radius 1 is 1.12 bits per heavy atom. The Balaban J connectivity index is 1.06. The minimum Gasteiger partial charge on any atom is -0.497 e. The molecule has 2 aromatic heterocycles. The summed E-state index contributed by atoms with van der Waals surface area (Å²) >= 11 is 1.59. The maximum absolute atomic E-state index is 13.4. The third-order valence-corrected chi connectivity index (χ3v) is 6.93. The van der Waals surface area contributed by atoms with Crippen molar-refractivity contribution in [3.8, 4) is 17.2 Å². The van der Waals surface area contributed by atoms with Crippen LogP contribution in [0, 0.1) is 5.82 Å². The van der Waals surface area contributed by atoms with Gasteiger partial charge in [0.25, 0.3) is 5.22 Å². The van der Waals surface area contributed by atoms with Crippen molar-refractivity contribution in [3.05, 3.63) is 54.0 Å². The number of hydrogen-bond donors (Lipinski definition) is 0. The molecule has 1 aliphatic rings. The molecule has 0 aliphatic carbocycles. The zero-order chi connectivity index (χ0) is 22.6. The third-order valence-electron chi connectivity index (χ3n) is 6.02. The fourth-order valence-corrected chi connectivity index (χ4v) is 4.91. The first-order valence-electron chi connectivity index (χ1n) is 11.1. The Labute approximate surface area is 195 Å². The number of methoxy groups -OCH3 is 1. The Kier molecular flexibility index (Phi) is 6.59. The molecule has 5 rings (SSSR count). The van der Waals surface area contributed by atoms with Gasteiger partial charge in [-0.2, -0.15) is 0 Å². The zero-order valence-corrected chi connectivity index (χ0v) is 19.2. The van der Waals surface area contributed by atoms with Crippen LogP contribution in [0.15, 0.2) is 56.6 Å². The van der Waals surface area contributed by atoms with E-state index in [1.807, 2.05) is 24.3 Å². The molecule has 0 amide bonds. The molecule has 2 aromatic carbocycles. The average Bonchev–Trinajstić information content (AvgIpc) is 3.49. The van der Waals surface area contributed by atoms with E-state index in [-0.39, 0.29) is 5.82 Å². The number of nitrogens with zero attached hydrogens (tertiary/aromatic N) is 4. The van der Waals surface area contributed by atoms with Crippen molar-refractivity contribution in [3.63, 3.8) is 0 Å². The number of benzene rings is 2. The number of piperidine rings is 1. The molecule has 172 valence electrons. The second-order valence-electron chi connectivity index (χ2n) is 8.13. The summed E-state index contributed by atoms with van der Waals surface area (Å²) in [4.78, 5) is 2.48. The van der Waals surface area contributed by atoms with Crippen LogP contribution in [0.25, 0.3) is 22.4 Å². The van der Waals surface area contributed by atoms with Gasteiger partial charge in [-0.15, -0.1) is 10.2 Å². The van der Waals surface area contributed by atoms with Gasteiger partial charge in [-0.3, -0.25) is 0 Å². The zero-order valence-electron chi connectivity index (χ0n) is 18.4. The Morgan fingerprint density at radius 3 is 2.73 bits per heavy atom. The van der Waals surface area contributed by atoms with E-state index in [1.165, 1.54) is 12.1 Å². The normalized spacial score (nSPS) is 15.3. The van der Waals surface area contributed by atoms with Gasteiger partial charge in [0, 0.05) is 28.7 Å². The molecule has 0 radical (unpaired) electrons. The summed E-state index contributed by atoms with van der Waals surface area (Å²) in [5.74, 6) is 2.29. The molecule has 0 atom stereocenters. The Morgan fingerprint density at radius 2 is 1.94 bits per heavy atom. The third kappa shape index (κ3) is 5.04. The van der Waals surface area contributed by atoms with Crippen LogP contribution in [-0.4, -0.2) is 52.8 Å². The van der Waals surface area contributed by atoms with Crippen LogP contribution in [0.5, 0.6) is 5.75 Å². The number of ether oxygens (including phenoxy) is 1. The predicted molar refractivity (Wildman–Crippen MR) is 124 cm³/mol. The molecule has 0 unspecified atom stereocenters. The summed E-state index contributed by atoms with van der Waals surface area (Å²) in [6.45, 7) is 3.07. The predicted octanol–water partition coefficient (Wildman–Crippen LogP) is 5.39. The number of thioether (sulfide) groups is 1. The molecule has 33 heavy (non-hydrogen) atoms. The van der Waals surface area contributed by atoms with E-state index in [1.54, 1.807) is 24.9 Å². The van der Waals surface area contributed by atoms with Gasteiger partial charge < -0.3 is 18.6 Å². The van der Waals surface area contributed by atoms with Crippen LogP contribution in [0.4, 0.5) is 4.39 Å². The van der Waals surface area contributed by atoms with E-state index >= 15 is 0 Å². The standard InChI is InChI=1S/C24H25FN4O3S/c1-30-19-6-3-17(4-7-19)23-26-27-24(31-23)33-14-2-11-29-12-9-16(10-13-29)22-20-8-5-18(25)15-21(20)32-28-22/h3-8,15-16H,2,9-14H2,1H3. The van der Waals surface area contributed by atoms with E-state index < -0.39 is 0 Å². The summed E-state index contributed by atoms with van der Waals surface area (Å²) in [5, 5.41) is 14.1. The molecule has 0 spiro atoms. The van der Waals surface area contributed by atoms with E-state index in [0.29, 0.717) is 22.6 Å². The highest BCUT2D eigenvalue weighted by molar-refractivity contribution is 7.99. The highest BCUT2D eigenvalue weighted by Crippen LogP contribution is 2.33. The van der Waals surface area contributed by atoms with Crippen molar-refractivity contribution >= 4 is 22.7 Å². The van der Waals surface area contributed by atoms with Crippen molar-refractivity contribution in [2.75, 3.05) is 32.5 Å². The van der Waals surface area contributed by atoms with Crippen molar-refractivity contribution in [1.82, 2.24) is 20.3 Å². The molecule has 7 nitrogen and oxygen atoms in total. The van der Waals surface area contributed by atoms with Gasteiger partial charge in [-0.05, 0) is 75.3 Å².